The van der Waals surface area contributed by atoms with E-state index in [4.69, 9.17) is 11.6 Å². The lowest BCUT2D eigenvalue weighted by Crippen LogP contribution is -2.51. The molecule has 2 saturated heterocycles. The van der Waals surface area contributed by atoms with Crippen LogP contribution in [0.5, 0.6) is 0 Å². The van der Waals surface area contributed by atoms with Gasteiger partial charge in [-0.1, -0.05) is 17.7 Å². The van der Waals surface area contributed by atoms with Gasteiger partial charge in [-0.25, -0.2) is 4.90 Å². The first-order chi connectivity index (χ1) is 10.1. The predicted molar refractivity (Wildman–Crippen MR) is 81.4 cm³/mol. The molecule has 2 aliphatic heterocycles. The van der Waals surface area contributed by atoms with Crippen molar-refractivity contribution in [2.45, 2.75) is 12.5 Å². The number of imide groups is 1. The molecular formula is C15H18ClN3O2. The fourth-order valence-electron chi connectivity index (χ4n) is 2.92. The lowest BCUT2D eigenvalue weighted by Gasteiger charge is -2.35. The zero-order valence-electron chi connectivity index (χ0n) is 12.0. The Morgan fingerprint density at radius 1 is 1.14 bits per heavy atom. The predicted octanol–water partition coefficient (Wildman–Crippen LogP) is 1.22. The molecule has 0 radical (unpaired) electrons. The van der Waals surface area contributed by atoms with Crippen LogP contribution in [0.2, 0.25) is 5.02 Å². The maximum absolute atomic E-state index is 12.6. The van der Waals surface area contributed by atoms with Gasteiger partial charge in [0.1, 0.15) is 0 Å². The number of piperazine rings is 1. The van der Waals surface area contributed by atoms with E-state index < -0.39 is 0 Å². The largest absolute Gasteiger partial charge is 0.304 e. The molecule has 2 amide bonds. The fourth-order valence-corrected chi connectivity index (χ4v) is 3.11. The number of anilines is 1. The van der Waals surface area contributed by atoms with Crippen LogP contribution in [0.1, 0.15) is 6.42 Å². The quantitative estimate of drug-likeness (QED) is 0.771. The number of carbonyl (C=O) groups is 2. The average Bonchev–Trinajstić information content (AvgIpc) is 2.75. The van der Waals surface area contributed by atoms with Crippen molar-refractivity contribution in [1.29, 1.82) is 0 Å². The van der Waals surface area contributed by atoms with E-state index >= 15 is 0 Å². The summed E-state index contributed by atoms with van der Waals surface area (Å²) in [6.07, 6.45) is 0.259. The lowest BCUT2D eigenvalue weighted by atomic mass is 10.2. The van der Waals surface area contributed by atoms with Crippen molar-refractivity contribution < 1.29 is 9.59 Å². The number of nitrogens with zero attached hydrogens (tertiary/aromatic N) is 3. The molecular weight excluding hydrogens is 290 g/mol. The molecule has 0 aliphatic carbocycles. The van der Waals surface area contributed by atoms with Crippen LogP contribution in [0, 0.1) is 0 Å². The maximum atomic E-state index is 12.6. The number of carbonyl (C=O) groups excluding carboxylic acids is 2. The molecule has 0 spiro atoms. The van der Waals surface area contributed by atoms with Crippen molar-refractivity contribution in [3.05, 3.63) is 29.3 Å². The van der Waals surface area contributed by atoms with Crippen LogP contribution in [0.15, 0.2) is 24.3 Å². The third-order valence-electron chi connectivity index (χ3n) is 4.17. The molecule has 5 nitrogen and oxygen atoms in total. The highest BCUT2D eigenvalue weighted by Crippen LogP contribution is 2.27. The Bertz CT molecular complexity index is 570. The van der Waals surface area contributed by atoms with Crippen molar-refractivity contribution in [1.82, 2.24) is 9.80 Å². The standard InChI is InChI=1S/C15H18ClN3O2/c1-17-5-7-18(8-6-17)13-10-14(20)19(15(13)21)12-4-2-3-11(16)9-12/h2-4,9,13H,5-8,10H2,1H3. The Labute approximate surface area is 129 Å². The third kappa shape index (κ3) is 2.81. The van der Waals surface area contributed by atoms with Gasteiger partial charge in [0.2, 0.25) is 5.91 Å². The van der Waals surface area contributed by atoms with Crippen LogP contribution in [0.25, 0.3) is 0 Å². The van der Waals surface area contributed by atoms with E-state index in [0.717, 1.165) is 26.2 Å². The van der Waals surface area contributed by atoms with Crippen LogP contribution < -0.4 is 4.90 Å². The molecule has 2 heterocycles. The van der Waals surface area contributed by atoms with Crippen molar-refractivity contribution in [3.8, 4) is 0 Å². The highest BCUT2D eigenvalue weighted by atomic mass is 35.5. The summed E-state index contributed by atoms with van der Waals surface area (Å²) in [6.45, 7) is 3.50. The van der Waals surface area contributed by atoms with Gasteiger partial charge in [-0.05, 0) is 25.2 Å². The van der Waals surface area contributed by atoms with Gasteiger partial charge < -0.3 is 4.90 Å². The summed E-state index contributed by atoms with van der Waals surface area (Å²) < 4.78 is 0. The number of rotatable bonds is 2. The molecule has 0 bridgehead atoms. The summed E-state index contributed by atoms with van der Waals surface area (Å²) in [4.78, 5) is 30.5. The van der Waals surface area contributed by atoms with Crippen LogP contribution in [-0.4, -0.2) is 60.9 Å². The average molecular weight is 308 g/mol. The molecule has 0 aromatic heterocycles. The van der Waals surface area contributed by atoms with E-state index in [1.54, 1.807) is 24.3 Å². The molecule has 1 atom stereocenters. The van der Waals surface area contributed by atoms with E-state index in [-0.39, 0.29) is 24.3 Å². The SMILES string of the molecule is CN1CCN(C2CC(=O)N(c3cccc(Cl)c3)C2=O)CC1. The Balaban J connectivity index is 1.79. The first kappa shape index (κ1) is 14.5. The van der Waals surface area contributed by atoms with Crippen molar-refractivity contribution in [2.75, 3.05) is 38.1 Å². The number of halogens is 1. The van der Waals surface area contributed by atoms with Crippen molar-refractivity contribution in [3.63, 3.8) is 0 Å². The van der Waals surface area contributed by atoms with Gasteiger partial charge in [-0.3, -0.25) is 14.5 Å². The molecule has 0 N–H and O–H groups in total. The van der Waals surface area contributed by atoms with Gasteiger partial charge in [-0.2, -0.15) is 0 Å². The van der Waals surface area contributed by atoms with E-state index in [1.165, 1.54) is 4.90 Å². The minimum atomic E-state index is -0.329. The first-order valence-corrected chi connectivity index (χ1v) is 7.49. The number of likely N-dealkylation sites (N-methyl/N-ethyl adjacent to an activating group) is 1. The second kappa shape index (κ2) is 5.75. The number of benzene rings is 1. The third-order valence-corrected chi connectivity index (χ3v) is 4.40. The molecule has 1 unspecified atom stereocenters. The molecule has 6 heteroatoms. The normalized spacial score (nSPS) is 24.9. The minimum absolute atomic E-state index is 0.133. The zero-order valence-corrected chi connectivity index (χ0v) is 12.7. The second-order valence-electron chi connectivity index (χ2n) is 5.61. The van der Waals surface area contributed by atoms with Gasteiger partial charge in [0.15, 0.2) is 0 Å². The Hall–Kier alpha value is -1.43. The molecule has 1 aromatic rings. The van der Waals surface area contributed by atoms with Crippen LogP contribution >= 0.6 is 11.6 Å². The maximum Gasteiger partial charge on any atom is 0.251 e. The van der Waals surface area contributed by atoms with Gasteiger partial charge in [0.05, 0.1) is 18.2 Å². The zero-order chi connectivity index (χ0) is 15.0. The van der Waals surface area contributed by atoms with Gasteiger partial charge in [0, 0.05) is 31.2 Å². The lowest BCUT2D eigenvalue weighted by molar-refractivity contribution is -0.123. The summed E-state index contributed by atoms with van der Waals surface area (Å²) in [5, 5.41) is 0.524. The molecule has 2 aliphatic rings. The molecule has 1 aromatic carbocycles. The summed E-state index contributed by atoms with van der Waals surface area (Å²) in [7, 11) is 2.07. The highest BCUT2D eigenvalue weighted by molar-refractivity contribution is 6.31. The van der Waals surface area contributed by atoms with E-state index in [9.17, 15) is 9.59 Å². The summed E-state index contributed by atoms with van der Waals surface area (Å²) in [5.74, 6) is -0.280. The Morgan fingerprint density at radius 2 is 1.86 bits per heavy atom. The van der Waals surface area contributed by atoms with E-state index in [0.29, 0.717) is 10.7 Å². The molecule has 21 heavy (non-hydrogen) atoms. The number of amides is 2. The summed E-state index contributed by atoms with van der Waals surface area (Å²) >= 11 is 5.95. The monoisotopic (exact) mass is 307 g/mol. The van der Waals surface area contributed by atoms with Crippen LogP contribution in [0.3, 0.4) is 0 Å². The minimum Gasteiger partial charge on any atom is -0.304 e. The van der Waals surface area contributed by atoms with Crippen LogP contribution in [-0.2, 0) is 9.59 Å². The van der Waals surface area contributed by atoms with E-state index in [1.807, 2.05) is 0 Å². The fraction of sp³-hybridized carbons (Fsp3) is 0.467. The molecule has 2 fully saturated rings. The Kier molecular flexibility index (Phi) is 3.97. The second-order valence-corrected chi connectivity index (χ2v) is 6.04. The smallest absolute Gasteiger partial charge is 0.251 e. The van der Waals surface area contributed by atoms with Crippen LogP contribution in [0.4, 0.5) is 5.69 Å². The first-order valence-electron chi connectivity index (χ1n) is 7.11. The van der Waals surface area contributed by atoms with Gasteiger partial charge in [-0.15, -0.1) is 0 Å². The van der Waals surface area contributed by atoms with Crippen molar-refractivity contribution in [2.24, 2.45) is 0 Å². The van der Waals surface area contributed by atoms with Crippen molar-refractivity contribution >= 4 is 29.1 Å². The molecule has 112 valence electrons. The van der Waals surface area contributed by atoms with E-state index in [2.05, 4.69) is 16.8 Å². The molecule has 0 saturated carbocycles. The van der Waals surface area contributed by atoms with Gasteiger partial charge >= 0.3 is 0 Å². The highest BCUT2D eigenvalue weighted by Gasteiger charge is 2.43. The van der Waals surface area contributed by atoms with Gasteiger partial charge in [0.25, 0.3) is 5.91 Å². The summed E-state index contributed by atoms with van der Waals surface area (Å²) in [5.41, 5.74) is 0.564. The number of hydrogen-bond acceptors (Lipinski definition) is 4. The Morgan fingerprint density at radius 3 is 2.52 bits per heavy atom. The molecule has 3 rings (SSSR count). The number of hydrogen-bond donors (Lipinski definition) is 0. The summed E-state index contributed by atoms with van der Waals surface area (Å²) in [6, 6.07) is 6.55. The topological polar surface area (TPSA) is 43.9 Å².